The molecule has 1 aliphatic rings. The van der Waals surface area contributed by atoms with Crippen molar-refractivity contribution in [2.45, 2.75) is 36.9 Å². The highest BCUT2D eigenvalue weighted by Crippen LogP contribution is 2.44. The second-order valence-electron chi connectivity index (χ2n) is 4.06. The Balaban J connectivity index is 2.60. The van der Waals surface area contributed by atoms with E-state index in [1.165, 1.54) is 0 Å². The van der Waals surface area contributed by atoms with Crippen LogP contribution in [-0.4, -0.2) is 23.8 Å². The summed E-state index contributed by atoms with van der Waals surface area (Å²) < 4.78 is 58.5. The molecular formula is C9H11F4O5S-. The summed E-state index contributed by atoms with van der Waals surface area (Å²) in [5.41, 5.74) is 0. The molecule has 112 valence electrons. The van der Waals surface area contributed by atoms with Crippen LogP contribution in [0.25, 0.3) is 0 Å². The van der Waals surface area contributed by atoms with Crippen molar-refractivity contribution in [3.05, 3.63) is 0 Å². The van der Waals surface area contributed by atoms with E-state index in [4.69, 9.17) is 0 Å². The van der Waals surface area contributed by atoms with Crippen LogP contribution >= 0.6 is 12.0 Å². The minimum atomic E-state index is -5.59. The zero-order chi connectivity index (χ0) is 14.5. The Morgan fingerprint density at radius 1 is 1.26 bits per heavy atom. The van der Waals surface area contributed by atoms with E-state index < -0.39 is 29.2 Å². The normalized spacial score (nSPS) is 20.3. The fourth-order valence-electron chi connectivity index (χ4n) is 1.72. The fourth-order valence-corrected chi connectivity index (χ4v) is 2.06. The molecule has 0 heterocycles. The summed E-state index contributed by atoms with van der Waals surface area (Å²) in [6.45, 7) is -0.292. The fraction of sp³-hybridized carbons (Fsp3) is 0.889. The van der Waals surface area contributed by atoms with Crippen LogP contribution in [0, 0.1) is 5.92 Å². The third-order valence-corrected chi connectivity index (χ3v) is 3.48. The minimum Gasteiger partial charge on any atom is -0.691 e. The highest BCUT2D eigenvalue weighted by Gasteiger charge is 2.65. The smallest absolute Gasteiger partial charge is 0.446 e. The van der Waals surface area contributed by atoms with Crippen molar-refractivity contribution in [3.63, 3.8) is 0 Å². The van der Waals surface area contributed by atoms with Crippen molar-refractivity contribution in [2.24, 2.45) is 5.92 Å². The van der Waals surface area contributed by atoms with E-state index >= 15 is 0 Å². The van der Waals surface area contributed by atoms with Gasteiger partial charge in [-0.15, -0.1) is 0 Å². The predicted molar refractivity (Wildman–Crippen MR) is 52.6 cm³/mol. The molecule has 0 aromatic carbocycles. The molecule has 1 aliphatic carbocycles. The summed E-state index contributed by atoms with van der Waals surface area (Å²) in [5, 5.41) is 7.60. The first kappa shape index (κ1) is 16.5. The van der Waals surface area contributed by atoms with Gasteiger partial charge in [-0.2, -0.15) is 17.5 Å². The molecule has 0 bridgehead atoms. The Morgan fingerprint density at radius 3 is 2.32 bits per heavy atom. The maximum absolute atomic E-state index is 13.6. The predicted octanol–water partition coefficient (Wildman–Crippen LogP) is 1.82. The SMILES string of the molecule is O=C(OCC1CCCC1)C(F)(SOO[O-])C(F)(F)F. The van der Waals surface area contributed by atoms with Crippen molar-refractivity contribution in [1.29, 1.82) is 0 Å². The number of hydrogen-bond donors (Lipinski definition) is 0. The van der Waals surface area contributed by atoms with Gasteiger partial charge in [-0.3, -0.25) is 5.04 Å². The first-order valence-corrected chi connectivity index (χ1v) is 6.12. The molecule has 1 rings (SSSR count). The monoisotopic (exact) mass is 307 g/mol. The first-order chi connectivity index (χ1) is 8.81. The molecule has 0 saturated heterocycles. The Bertz CT molecular complexity index is 307. The van der Waals surface area contributed by atoms with Crippen LogP contribution in [0.4, 0.5) is 17.6 Å². The van der Waals surface area contributed by atoms with Crippen molar-refractivity contribution in [1.82, 2.24) is 0 Å². The van der Waals surface area contributed by atoms with Crippen LogP contribution in [0.15, 0.2) is 0 Å². The minimum absolute atomic E-state index is 0.0666. The lowest BCUT2D eigenvalue weighted by atomic mass is 10.1. The van der Waals surface area contributed by atoms with E-state index in [9.17, 15) is 27.6 Å². The van der Waals surface area contributed by atoms with Gasteiger partial charge in [-0.25, -0.2) is 9.18 Å². The van der Waals surface area contributed by atoms with Gasteiger partial charge in [0.05, 0.1) is 18.6 Å². The van der Waals surface area contributed by atoms with Gasteiger partial charge >= 0.3 is 17.1 Å². The van der Waals surface area contributed by atoms with Gasteiger partial charge in [0.25, 0.3) is 0 Å². The molecule has 0 aliphatic heterocycles. The van der Waals surface area contributed by atoms with Crippen LogP contribution in [0.1, 0.15) is 25.7 Å². The zero-order valence-corrected chi connectivity index (χ0v) is 10.4. The third kappa shape index (κ3) is 4.20. The van der Waals surface area contributed by atoms with Crippen molar-refractivity contribution in [3.8, 4) is 0 Å². The number of rotatable bonds is 6. The molecule has 0 spiro atoms. The average Bonchev–Trinajstić information content (AvgIpc) is 2.84. The van der Waals surface area contributed by atoms with Crippen molar-refractivity contribution < 1.29 is 41.7 Å². The molecule has 0 aromatic heterocycles. The average molecular weight is 307 g/mol. The maximum atomic E-state index is 13.6. The number of carbonyl (C=O) groups excluding carboxylic acids is 1. The number of ether oxygens (including phenoxy) is 1. The summed E-state index contributed by atoms with van der Waals surface area (Å²) in [7, 11) is 0. The Kier molecular flexibility index (Phi) is 5.83. The van der Waals surface area contributed by atoms with Gasteiger partial charge in [0.15, 0.2) is 0 Å². The molecule has 0 aromatic rings. The molecule has 5 nitrogen and oxygen atoms in total. The van der Waals surface area contributed by atoms with Crippen LogP contribution in [0.5, 0.6) is 0 Å². The molecule has 1 unspecified atom stereocenters. The van der Waals surface area contributed by atoms with Crippen LogP contribution in [-0.2, 0) is 18.9 Å². The topological polar surface area (TPSA) is 67.8 Å². The number of hydrogen-bond acceptors (Lipinski definition) is 6. The van der Waals surface area contributed by atoms with Crippen molar-refractivity contribution in [2.75, 3.05) is 6.61 Å². The molecule has 0 radical (unpaired) electrons. The lowest BCUT2D eigenvalue weighted by Gasteiger charge is -2.24. The number of esters is 1. The molecule has 10 heteroatoms. The van der Waals surface area contributed by atoms with Crippen LogP contribution in [0.3, 0.4) is 0 Å². The summed E-state index contributed by atoms with van der Waals surface area (Å²) in [6, 6.07) is 0. The Hall–Kier alpha value is -0.580. The Labute approximate surface area is 110 Å². The van der Waals surface area contributed by atoms with E-state index in [0.717, 1.165) is 12.8 Å². The van der Waals surface area contributed by atoms with E-state index in [-0.39, 0.29) is 12.5 Å². The first-order valence-electron chi connectivity index (χ1n) is 5.38. The molecule has 19 heavy (non-hydrogen) atoms. The van der Waals surface area contributed by atoms with Gasteiger partial charge in [0, 0.05) is 0 Å². The number of alkyl halides is 4. The zero-order valence-electron chi connectivity index (χ0n) is 9.57. The summed E-state index contributed by atoms with van der Waals surface area (Å²) in [6.07, 6.45) is -2.38. The van der Waals surface area contributed by atoms with Crippen molar-refractivity contribution >= 4 is 18.0 Å². The third-order valence-electron chi connectivity index (χ3n) is 2.73. The molecule has 1 saturated carbocycles. The number of halogens is 4. The summed E-state index contributed by atoms with van der Waals surface area (Å²) >= 11 is -1.08. The molecule has 0 N–H and O–H groups in total. The summed E-state index contributed by atoms with van der Waals surface area (Å²) in [5.74, 6) is -2.22. The van der Waals surface area contributed by atoms with Gasteiger partial charge < -0.3 is 9.99 Å². The van der Waals surface area contributed by atoms with E-state index in [1.54, 1.807) is 0 Å². The molecular weight excluding hydrogens is 296 g/mol. The van der Waals surface area contributed by atoms with Gasteiger partial charge in [0.2, 0.25) is 0 Å². The largest absolute Gasteiger partial charge is 0.691 e. The Morgan fingerprint density at radius 2 is 1.84 bits per heavy atom. The number of carbonyl (C=O) groups is 1. The van der Waals surface area contributed by atoms with Gasteiger partial charge in [0.1, 0.15) is 0 Å². The van der Waals surface area contributed by atoms with Crippen LogP contribution in [0.2, 0.25) is 0 Å². The second-order valence-corrected chi connectivity index (χ2v) is 4.93. The van der Waals surface area contributed by atoms with Gasteiger partial charge in [-0.05, 0) is 18.8 Å². The van der Waals surface area contributed by atoms with Gasteiger partial charge in [-0.1, -0.05) is 12.8 Å². The standard InChI is InChI=1S/C9H12F4O5S/c10-8(9(11,12)13,19-18-17-15)7(14)16-5-6-3-1-2-4-6/h6,15H,1-5H2/p-1. The lowest BCUT2D eigenvalue weighted by molar-refractivity contribution is -0.777. The highest BCUT2D eigenvalue weighted by atomic mass is 32.2. The van der Waals surface area contributed by atoms with Crippen LogP contribution < -0.4 is 5.26 Å². The quantitative estimate of drug-likeness (QED) is 0.245. The lowest BCUT2D eigenvalue weighted by Crippen LogP contribution is -2.47. The molecule has 1 atom stereocenters. The van der Waals surface area contributed by atoms with E-state index in [0.29, 0.717) is 12.8 Å². The maximum Gasteiger partial charge on any atom is 0.446 e. The van der Waals surface area contributed by atoms with E-state index in [2.05, 4.69) is 14.1 Å². The van der Waals surface area contributed by atoms with E-state index in [1.807, 2.05) is 0 Å². The summed E-state index contributed by atoms with van der Waals surface area (Å²) in [4.78, 5) is 11.2. The highest BCUT2D eigenvalue weighted by molar-refractivity contribution is 7.96. The molecule has 0 amide bonds. The molecule has 1 fully saturated rings. The second kappa shape index (κ2) is 6.73.